The van der Waals surface area contributed by atoms with E-state index in [9.17, 15) is 9.59 Å². The van der Waals surface area contributed by atoms with Gasteiger partial charge in [0.2, 0.25) is 5.91 Å². The first kappa shape index (κ1) is 21.1. The molecule has 4 rings (SSSR count). The molecule has 5 nitrogen and oxygen atoms in total. The van der Waals surface area contributed by atoms with E-state index in [1.165, 1.54) is 10.4 Å². The van der Waals surface area contributed by atoms with Gasteiger partial charge in [0, 0.05) is 30.6 Å². The van der Waals surface area contributed by atoms with Crippen LogP contribution in [0.15, 0.2) is 41.8 Å². The van der Waals surface area contributed by atoms with Crippen LogP contribution in [0.3, 0.4) is 0 Å². The van der Waals surface area contributed by atoms with Crippen LogP contribution in [0, 0.1) is 5.41 Å². The fourth-order valence-electron chi connectivity index (χ4n) is 4.48. The van der Waals surface area contributed by atoms with E-state index in [1.54, 1.807) is 11.3 Å². The number of thiophene rings is 1. The van der Waals surface area contributed by atoms with Gasteiger partial charge in [-0.1, -0.05) is 30.3 Å². The second-order valence-corrected chi connectivity index (χ2v) is 9.72. The van der Waals surface area contributed by atoms with Crippen LogP contribution in [0.2, 0.25) is 0 Å². The Kier molecular flexibility index (Phi) is 6.25. The van der Waals surface area contributed by atoms with Crippen molar-refractivity contribution in [1.29, 1.82) is 0 Å². The SMILES string of the molecule is CC(C)NC(=O)[C@]1(Cc2ccc(-c3cccs3)cc2)CCN(C(=O)[C@H]2CCCO2)C1. The van der Waals surface area contributed by atoms with Gasteiger partial charge in [0.05, 0.1) is 5.41 Å². The van der Waals surface area contributed by atoms with Gasteiger partial charge in [0.15, 0.2) is 0 Å². The molecule has 0 spiro atoms. The van der Waals surface area contributed by atoms with Gasteiger partial charge in [-0.15, -0.1) is 11.3 Å². The van der Waals surface area contributed by atoms with Crippen molar-refractivity contribution in [3.05, 3.63) is 47.3 Å². The van der Waals surface area contributed by atoms with Gasteiger partial charge in [-0.2, -0.15) is 0 Å². The molecule has 30 heavy (non-hydrogen) atoms. The molecule has 2 aliphatic heterocycles. The fourth-order valence-corrected chi connectivity index (χ4v) is 5.22. The number of amides is 2. The second-order valence-electron chi connectivity index (χ2n) is 8.77. The van der Waals surface area contributed by atoms with Gasteiger partial charge in [-0.25, -0.2) is 0 Å². The molecule has 6 heteroatoms. The zero-order valence-corrected chi connectivity index (χ0v) is 18.5. The quantitative estimate of drug-likeness (QED) is 0.763. The van der Waals surface area contributed by atoms with Gasteiger partial charge in [0.25, 0.3) is 5.91 Å². The van der Waals surface area contributed by atoms with Crippen LogP contribution in [0.1, 0.15) is 38.7 Å². The molecule has 2 saturated heterocycles. The number of hydrogen-bond acceptors (Lipinski definition) is 4. The molecule has 2 fully saturated rings. The van der Waals surface area contributed by atoms with E-state index >= 15 is 0 Å². The molecule has 1 aromatic carbocycles. The zero-order valence-electron chi connectivity index (χ0n) is 17.7. The first-order valence-electron chi connectivity index (χ1n) is 10.8. The number of nitrogens with zero attached hydrogens (tertiary/aromatic N) is 1. The van der Waals surface area contributed by atoms with Gasteiger partial charge in [-0.05, 0) is 62.1 Å². The van der Waals surface area contributed by atoms with Crippen LogP contribution >= 0.6 is 11.3 Å². The molecule has 2 amide bonds. The Bertz CT molecular complexity index is 872. The van der Waals surface area contributed by atoms with Crippen LogP contribution in [-0.2, 0) is 20.7 Å². The van der Waals surface area contributed by atoms with Crippen LogP contribution in [0.5, 0.6) is 0 Å². The van der Waals surface area contributed by atoms with E-state index in [1.807, 2.05) is 18.7 Å². The molecule has 0 radical (unpaired) electrons. The third-order valence-corrected chi connectivity index (χ3v) is 6.99. The number of likely N-dealkylation sites (tertiary alicyclic amines) is 1. The Morgan fingerprint density at radius 3 is 2.70 bits per heavy atom. The molecular weight excluding hydrogens is 396 g/mol. The van der Waals surface area contributed by atoms with Crippen molar-refractivity contribution in [3.63, 3.8) is 0 Å². The van der Waals surface area contributed by atoms with Crippen molar-refractivity contribution in [2.75, 3.05) is 19.7 Å². The van der Waals surface area contributed by atoms with E-state index in [0.717, 1.165) is 18.4 Å². The summed E-state index contributed by atoms with van der Waals surface area (Å²) < 4.78 is 5.60. The summed E-state index contributed by atoms with van der Waals surface area (Å²) in [6, 6.07) is 12.7. The number of benzene rings is 1. The first-order chi connectivity index (χ1) is 14.5. The lowest BCUT2D eigenvalue weighted by molar-refractivity contribution is -0.141. The third-order valence-electron chi connectivity index (χ3n) is 6.07. The minimum Gasteiger partial charge on any atom is -0.368 e. The minimum absolute atomic E-state index is 0.0414. The molecule has 1 N–H and O–H groups in total. The van der Waals surface area contributed by atoms with E-state index in [-0.39, 0.29) is 24.0 Å². The van der Waals surface area contributed by atoms with Gasteiger partial charge in [0.1, 0.15) is 6.10 Å². The molecule has 1 aromatic heterocycles. The summed E-state index contributed by atoms with van der Waals surface area (Å²) in [5.41, 5.74) is 1.72. The summed E-state index contributed by atoms with van der Waals surface area (Å²) in [6.45, 7) is 5.67. The fraction of sp³-hybridized carbons (Fsp3) is 0.500. The van der Waals surface area contributed by atoms with Crippen molar-refractivity contribution >= 4 is 23.2 Å². The normalized spacial score (nSPS) is 23.8. The van der Waals surface area contributed by atoms with E-state index in [2.05, 4.69) is 47.1 Å². The summed E-state index contributed by atoms with van der Waals surface area (Å²) in [7, 11) is 0. The molecular formula is C24H30N2O3S. The highest BCUT2D eigenvalue weighted by Gasteiger charge is 2.47. The monoisotopic (exact) mass is 426 g/mol. The molecule has 160 valence electrons. The molecule has 2 aromatic rings. The molecule has 2 atom stereocenters. The summed E-state index contributed by atoms with van der Waals surface area (Å²) in [5.74, 6) is 0.0854. The van der Waals surface area contributed by atoms with E-state index < -0.39 is 5.41 Å². The Balaban J connectivity index is 1.53. The van der Waals surface area contributed by atoms with E-state index in [0.29, 0.717) is 32.5 Å². The topological polar surface area (TPSA) is 58.6 Å². The molecule has 0 saturated carbocycles. The van der Waals surface area contributed by atoms with Crippen molar-refractivity contribution in [2.24, 2.45) is 5.41 Å². The molecule has 0 aliphatic carbocycles. The third kappa shape index (κ3) is 4.44. The van der Waals surface area contributed by atoms with Crippen LogP contribution in [0.4, 0.5) is 0 Å². The smallest absolute Gasteiger partial charge is 0.251 e. The van der Waals surface area contributed by atoms with Crippen molar-refractivity contribution in [2.45, 2.75) is 51.7 Å². The summed E-state index contributed by atoms with van der Waals surface area (Å²) in [5, 5.41) is 5.18. The molecule has 3 heterocycles. The van der Waals surface area contributed by atoms with Crippen molar-refractivity contribution in [1.82, 2.24) is 10.2 Å². The number of rotatable bonds is 6. The zero-order chi connectivity index (χ0) is 21.1. The van der Waals surface area contributed by atoms with Crippen molar-refractivity contribution < 1.29 is 14.3 Å². The predicted octanol–water partition coefficient (Wildman–Crippen LogP) is 3.88. The number of nitrogens with one attached hydrogen (secondary N) is 1. The summed E-state index contributed by atoms with van der Waals surface area (Å²) in [4.78, 5) is 29.2. The van der Waals surface area contributed by atoms with Gasteiger partial charge >= 0.3 is 0 Å². The highest BCUT2D eigenvalue weighted by Crippen LogP contribution is 2.36. The highest BCUT2D eigenvalue weighted by molar-refractivity contribution is 7.13. The maximum absolute atomic E-state index is 13.2. The predicted molar refractivity (Wildman–Crippen MR) is 119 cm³/mol. The summed E-state index contributed by atoms with van der Waals surface area (Å²) in [6.07, 6.45) is 2.69. The molecule has 0 unspecified atom stereocenters. The van der Waals surface area contributed by atoms with Gasteiger partial charge < -0.3 is 15.0 Å². The lowest BCUT2D eigenvalue weighted by Gasteiger charge is -2.30. The Hall–Kier alpha value is -2.18. The number of hydrogen-bond donors (Lipinski definition) is 1. The first-order valence-corrected chi connectivity index (χ1v) is 11.7. The molecule has 2 aliphatic rings. The van der Waals surface area contributed by atoms with Crippen LogP contribution < -0.4 is 5.32 Å². The second kappa shape index (κ2) is 8.90. The highest BCUT2D eigenvalue weighted by atomic mass is 32.1. The number of carbonyl (C=O) groups is 2. The lowest BCUT2D eigenvalue weighted by Crippen LogP contribution is -2.48. The molecule has 0 bridgehead atoms. The van der Waals surface area contributed by atoms with Gasteiger partial charge in [-0.3, -0.25) is 9.59 Å². The Morgan fingerprint density at radius 1 is 1.27 bits per heavy atom. The Morgan fingerprint density at radius 2 is 2.07 bits per heavy atom. The number of carbonyl (C=O) groups excluding carboxylic acids is 2. The van der Waals surface area contributed by atoms with Crippen LogP contribution in [0.25, 0.3) is 10.4 Å². The Labute approximate surface area is 182 Å². The maximum Gasteiger partial charge on any atom is 0.251 e. The van der Waals surface area contributed by atoms with Crippen molar-refractivity contribution in [3.8, 4) is 10.4 Å². The minimum atomic E-state index is -0.594. The average Bonchev–Trinajstić information content (AvgIpc) is 3.49. The average molecular weight is 427 g/mol. The van der Waals surface area contributed by atoms with Crippen LogP contribution in [-0.4, -0.2) is 48.6 Å². The number of ether oxygens (including phenoxy) is 1. The largest absolute Gasteiger partial charge is 0.368 e. The maximum atomic E-state index is 13.2. The van der Waals surface area contributed by atoms with E-state index in [4.69, 9.17) is 4.74 Å². The lowest BCUT2D eigenvalue weighted by atomic mass is 9.79. The summed E-state index contributed by atoms with van der Waals surface area (Å²) >= 11 is 1.72. The standard InChI is InChI=1S/C24H30N2O3S/c1-17(2)25-23(28)24(11-12-26(16-24)22(27)20-5-3-13-29-20)15-18-7-9-19(10-8-18)21-6-4-14-30-21/h4,6-10,14,17,20H,3,5,11-13,15-16H2,1-2H3,(H,25,28)/t20-,24+/m1/s1.